The topological polar surface area (TPSA) is 75.2 Å². The molecule has 1 atom stereocenters. The second-order valence-electron chi connectivity index (χ2n) is 6.06. The molecular weight excluding hydrogens is 356 g/mol. The summed E-state index contributed by atoms with van der Waals surface area (Å²) in [6.45, 7) is 2.59. The molecule has 3 heterocycles. The van der Waals surface area contributed by atoms with Crippen LogP contribution in [0.25, 0.3) is 10.2 Å². The van der Waals surface area contributed by atoms with Crippen LogP contribution in [0.15, 0.2) is 42.0 Å². The third-order valence-electron chi connectivity index (χ3n) is 4.37. The molecule has 130 valence electrons. The standard InChI is InChI=1S/C17H18N4O2S2/c1-12(20-16-15-6-8-24-17(15)19-11-18-16)13-4-2-5-14(10-13)21-7-3-9-25(21,22)23/h2,4-6,8,10-12H,3,7,9H2,1H3,(H,18,19,20). The van der Waals surface area contributed by atoms with E-state index in [0.29, 0.717) is 13.0 Å². The Morgan fingerprint density at radius 3 is 2.96 bits per heavy atom. The van der Waals surface area contributed by atoms with Gasteiger partial charge >= 0.3 is 0 Å². The van der Waals surface area contributed by atoms with Crippen molar-refractivity contribution in [2.45, 2.75) is 19.4 Å². The van der Waals surface area contributed by atoms with E-state index in [1.54, 1.807) is 17.7 Å². The molecule has 0 aliphatic carbocycles. The van der Waals surface area contributed by atoms with Gasteiger partial charge in [-0.15, -0.1) is 11.3 Å². The van der Waals surface area contributed by atoms with Gasteiger partial charge in [0.1, 0.15) is 17.0 Å². The highest BCUT2D eigenvalue weighted by molar-refractivity contribution is 7.93. The molecule has 25 heavy (non-hydrogen) atoms. The van der Waals surface area contributed by atoms with Crippen LogP contribution in [0.1, 0.15) is 24.9 Å². The normalized spacial score (nSPS) is 17.7. The van der Waals surface area contributed by atoms with Crippen molar-refractivity contribution < 1.29 is 8.42 Å². The van der Waals surface area contributed by atoms with Gasteiger partial charge in [-0.3, -0.25) is 4.31 Å². The molecule has 0 radical (unpaired) electrons. The lowest BCUT2D eigenvalue weighted by Crippen LogP contribution is -2.25. The molecule has 0 saturated carbocycles. The Balaban J connectivity index is 1.61. The van der Waals surface area contributed by atoms with Gasteiger partial charge in [0.05, 0.1) is 22.9 Å². The highest BCUT2D eigenvalue weighted by Crippen LogP contribution is 2.30. The van der Waals surface area contributed by atoms with Crippen LogP contribution in [0.5, 0.6) is 0 Å². The number of fused-ring (bicyclic) bond motifs is 1. The zero-order chi connectivity index (χ0) is 17.4. The molecule has 4 rings (SSSR count). The smallest absolute Gasteiger partial charge is 0.235 e. The summed E-state index contributed by atoms with van der Waals surface area (Å²) in [6.07, 6.45) is 2.23. The zero-order valence-corrected chi connectivity index (χ0v) is 15.3. The molecule has 1 fully saturated rings. The van der Waals surface area contributed by atoms with Gasteiger partial charge in [-0.2, -0.15) is 0 Å². The Morgan fingerprint density at radius 1 is 1.28 bits per heavy atom. The van der Waals surface area contributed by atoms with Gasteiger partial charge in [0.15, 0.2) is 0 Å². The van der Waals surface area contributed by atoms with Gasteiger partial charge in [0.25, 0.3) is 0 Å². The van der Waals surface area contributed by atoms with Crippen molar-refractivity contribution in [3.05, 3.63) is 47.6 Å². The summed E-state index contributed by atoms with van der Waals surface area (Å²) in [5.41, 5.74) is 1.74. The predicted octanol–water partition coefficient (Wildman–Crippen LogP) is 3.40. The number of thiophene rings is 1. The maximum Gasteiger partial charge on any atom is 0.235 e. The molecule has 8 heteroatoms. The van der Waals surface area contributed by atoms with Gasteiger partial charge in [0, 0.05) is 6.54 Å². The fourth-order valence-electron chi connectivity index (χ4n) is 3.07. The lowest BCUT2D eigenvalue weighted by molar-refractivity contribution is 0.599. The van der Waals surface area contributed by atoms with Crippen LogP contribution in [0.2, 0.25) is 0 Å². The van der Waals surface area contributed by atoms with Gasteiger partial charge < -0.3 is 5.32 Å². The Morgan fingerprint density at radius 2 is 2.16 bits per heavy atom. The number of hydrogen-bond donors (Lipinski definition) is 1. The van der Waals surface area contributed by atoms with Crippen molar-refractivity contribution in [2.75, 3.05) is 21.9 Å². The summed E-state index contributed by atoms with van der Waals surface area (Å²) >= 11 is 1.58. The Hall–Kier alpha value is -2.19. The fraction of sp³-hybridized carbons (Fsp3) is 0.294. The molecule has 0 spiro atoms. The van der Waals surface area contributed by atoms with E-state index in [-0.39, 0.29) is 11.8 Å². The average Bonchev–Trinajstić information content (AvgIpc) is 3.21. The lowest BCUT2D eigenvalue weighted by Gasteiger charge is -2.20. The van der Waals surface area contributed by atoms with E-state index in [1.807, 2.05) is 42.6 Å². The SMILES string of the molecule is CC(Nc1ncnc2sccc12)c1cccc(N2CCCS2(=O)=O)c1. The Bertz CT molecular complexity index is 1020. The summed E-state index contributed by atoms with van der Waals surface area (Å²) < 4.78 is 25.8. The van der Waals surface area contributed by atoms with Crippen LogP contribution in [-0.4, -0.2) is 30.7 Å². The highest BCUT2D eigenvalue weighted by Gasteiger charge is 2.28. The van der Waals surface area contributed by atoms with Crippen LogP contribution in [-0.2, 0) is 10.0 Å². The van der Waals surface area contributed by atoms with E-state index < -0.39 is 10.0 Å². The maximum absolute atomic E-state index is 12.1. The quantitative estimate of drug-likeness (QED) is 0.757. The molecule has 1 unspecified atom stereocenters. The lowest BCUT2D eigenvalue weighted by atomic mass is 10.1. The van der Waals surface area contributed by atoms with Gasteiger partial charge in [-0.25, -0.2) is 18.4 Å². The number of nitrogens with one attached hydrogen (secondary N) is 1. The molecule has 3 aromatic rings. The first-order chi connectivity index (χ1) is 12.0. The summed E-state index contributed by atoms with van der Waals surface area (Å²) in [5, 5.41) is 6.41. The second kappa shape index (κ2) is 6.27. The van der Waals surface area contributed by atoms with Gasteiger partial charge in [-0.05, 0) is 42.5 Å². The van der Waals surface area contributed by atoms with E-state index in [0.717, 1.165) is 27.3 Å². The first kappa shape index (κ1) is 16.3. The molecule has 2 aromatic heterocycles. The molecule has 1 saturated heterocycles. The third kappa shape index (κ3) is 3.07. The summed E-state index contributed by atoms with van der Waals surface area (Å²) in [5.74, 6) is 1.01. The minimum absolute atomic E-state index is 0.0109. The van der Waals surface area contributed by atoms with Crippen molar-refractivity contribution in [1.29, 1.82) is 0 Å². The number of anilines is 2. The van der Waals surface area contributed by atoms with Gasteiger partial charge in [0.2, 0.25) is 10.0 Å². The summed E-state index contributed by atoms with van der Waals surface area (Å²) in [6, 6.07) is 9.67. The largest absolute Gasteiger partial charge is 0.363 e. The Labute approximate surface area is 150 Å². The number of nitrogens with zero attached hydrogens (tertiary/aromatic N) is 3. The number of rotatable bonds is 4. The van der Waals surface area contributed by atoms with E-state index in [2.05, 4.69) is 15.3 Å². The molecular formula is C17H18N4O2S2. The highest BCUT2D eigenvalue weighted by atomic mass is 32.2. The Kier molecular flexibility index (Phi) is 4.09. The zero-order valence-electron chi connectivity index (χ0n) is 13.7. The summed E-state index contributed by atoms with van der Waals surface area (Å²) in [7, 11) is -3.17. The number of hydrogen-bond acceptors (Lipinski definition) is 6. The van der Waals surface area contributed by atoms with Crippen molar-refractivity contribution in [2.24, 2.45) is 0 Å². The number of sulfonamides is 1. The first-order valence-electron chi connectivity index (χ1n) is 8.10. The first-order valence-corrected chi connectivity index (χ1v) is 10.6. The van der Waals surface area contributed by atoms with Crippen LogP contribution in [0.4, 0.5) is 11.5 Å². The maximum atomic E-state index is 12.1. The number of aromatic nitrogens is 2. The number of benzene rings is 1. The van der Waals surface area contributed by atoms with Gasteiger partial charge in [-0.1, -0.05) is 12.1 Å². The van der Waals surface area contributed by atoms with Crippen molar-refractivity contribution in [3.63, 3.8) is 0 Å². The van der Waals surface area contributed by atoms with Crippen LogP contribution >= 0.6 is 11.3 Å². The van der Waals surface area contributed by atoms with Crippen LogP contribution in [0.3, 0.4) is 0 Å². The summed E-state index contributed by atoms with van der Waals surface area (Å²) in [4.78, 5) is 9.55. The second-order valence-corrected chi connectivity index (χ2v) is 8.97. The molecule has 1 aromatic carbocycles. The molecule has 1 N–H and O–H groups in total. The monoisotopic (exact) mass is 374 g/mol. The molecule has 1 aliphatic rings. The van der Waals surface area contributed by atoms with E-state index >= 15 is 0 Å². The minimum atomic E-state index is -3.17. The fourth-order valence-corrected chi connectivity index (χ4v) is 5.36. The van der Waals surface area contributed by atoms with Crippen molar-refractivity contribution >= 4 is 43.1 Å². The average molecular weight is 374 g/mol. The van der Waals surface area contributed by atoms with Crippen molar-refractivity contribution in [1.82, 2.24) is 9.97 Å². The molecule has 6 nitrogen and oxygen atoms in total. The van der Waals surface area contributed by atoms with E-state index in [1.165, 1.54) is 4.31 Å². The molecule has 0 amide bonds. The van der Waals surface area contributed by atoms with E-state index in [9.17, 15) is 8.42 Å². The van der Waals surface area contributed by atoms with E-state index in [4.69, 9.17) is 0 Å². The minimum Gasteiger partial charge on any atom is -0.363 e. The predicted molar refractivity (Wildman–Crippen MR) is 102 cm³/mol. The van der Waals surface area contributed by atoms with Crippen LogP contribution in [0, 0.1) is 0 Å². The third-order valence-corrected chi connectivity index (χ3v) is 7.06. The van der Waals surface area contributed by atoms with Crippen LogP contribution < -0.4 is 9.62 Å². The van der Waals surface area contributed by atoms with Crippen molar-refractivity contribution in [3.8, 4) is 0 Å². The molecule has 0 bridgehead atoms. The molecule has 1 aliphatic heterocycles.